The average molecular weight is 1330 g/mol. The number of rotatable bonds is 32. The van der Waals surface area contributed by atoms with Crippen LogP contribution in [0.5, 0.6) is 0 Å². The van der Waals surface area contributed by atoms with E-state index >= 15 is 0 Å². The van der Waals surface area contributed by atoms with Crippen molar-refractivity contribution in [2.45, 2.75) is 205 Å². The number of aliphatic hydroxyl groups is 17. The molecule has 5 rings (SSSR count). The Morgan fingerprint density at radius 2 is 1.07 bits per heavy atom. The van der Waals surface area contributed by atoms with Crippen molar-refractivity contribution in [3.63, 3.8) is 0 Å². The number of alkyl halides is 1. The third-order valence-corrected chi connectivity index (χ3v) is 15.1. The summed E-state index contributed by atoms with van der Waals surface area (Å²) in [6, 6.07) is -3.10. The number of aliphatic hydroxyl groups excluding tert-OH is 17. The molecule has 0 bridgehead atoms. The largest absolute Gasteiger partial charge is 0.394 e. The van der Waals surface area contributed by atoms with Crippen molar-refractivity contribution in [1.82, 2.24) is 16.0 Å². The van der Waals surface area contributed by atoms with E-state index < -0.39 is 268 Å². The molecule has 3 amide bonds. The molecule has 0 aromatic carbocycles. The lowest BCUT2D eigenvalue weighted by Crippen LogP contribution is -2.69. The molecule has 0 spiro atoms. The van der Waals surface area contributed by atoms with Gasteiger partial charge in [0, 0.05) is 21.0 Å². The molecule has 17 unspecified atom stereocenters. The van der Waals surface area contributed by atoms with Gasteiger partial charge >= 0.3 is 0 Å². The Morgan fingerprint density at radius 3 is 1.63 bits per heavy atom. The van der Waals surface area contributed by atoms with Gasteiger partial charge in [0.25, 0.3) is 0 Å². The highest BCUT2D eigenvalue weighted by Gasteiger charge is 2.56. The Morgan fingerprint density at radius 1 is 0.523 bits per heavy atom. The van der Waals surface area contributed by atoms with E-state index in [9.17, 15) is 101 Å². The van der Waals surface area contributed by atoms with E-state index in [1.54, 1.807) is 0 Å². The molecule has 5 fully saturated rings. The molecule has 5 aliphatic heterocycles. The van der Waals surface area contributed by atoms with Crippen molar-refractivity contribution in [1.29, 1.82) is 0 Å². The van der Waals surface area contributed by atoms with Gasteiger partial charge in [-0.2, -0.15) is 0 Å². The van der Waals surface area contributed by atoms with Gasteiger partial charge in [-0.15, -0.1) is 0 Å². The van der Waals surface area contributed by atoms with Crippen molar-refractivity contribution in [2.24, 2.45) is 0 Å². The number of hydrogen-bond donors (Lipinski definition) is 20. The monoisotopic (exact) mass is 1330 g/mol. The molecule has 38 heteroatoms. The van der Waals surface area contributed by atoms with Crippen LogP contribution in [0, 0.1) is 0 Å². The van der Waals surface area contributed by atoms with Crippen LogP contribution in [-0.2, 0) is 80.7 Å². The number of halogens is 1. The average Bonchev–Trinajstić information content (AvgIpc) is 1.29. The summed E-state index contributed by atoms with van der Waals surface area (Å²) >= 11 is 2.99. The van der Waals surface area contributed by atoms with Crippen LogP contribution >= 0.6 is 15.9 Å². The highest BCUT2D eigenvalue weighted by atomic mass is 79.9. The third kappa shape index (κ3) is 18.7. The van der Waals surface area contributed by atoms with E-state index in [1.165, 1.54) is 6.92 Å². The van der Waals surface area contributed by atoms with Crippen molar-refractivity contribution in [3.05, 3.63) is 0 Å². The number of carbonyl (C=O) groups is 3. The molecular weight excluding hydrogens is 1240 g/mol. The first-order valence-electron chi connectivity index (χ1n) is 27.2. The predicted octanol–water partition coefficient (Wildman–Crippen LogP) is -12.7. The zero-order valence-electron chi connectivity index (χ0n) is 47.0. The maximum absolute atomic E-state index is 12.6. The topological polar surface area (TPSA) is 560 Å². The second-order valence-electron chi connectivity index (χ2n) is 20.6. The normalized spacial score (nSPS) is 40.5. The molecule has 502 valence electrons. The molecule has 0 aliphatic carbocycles. The molecule has 30 atom stereocenters. The lowest BCUT2D eigenvalue weighted by molar-refractivity contribution is -0.380. The van der Waals surface area contributed by atoms with E-state index in [0.29, 0.717) is 0 Å². The minimum atomic E-state index is -2.15. The minimum Gasteiger partial charge on any atom is -0.394 e. The molecule has 86 heavy (non-hydrogen) atoms. The van der Waals surface area contributed by atoms with Crippen molar-refractivity contribution < 1.29 is 168 Å². The summed E-state index contributed by atoms with van der Waals surface area (Å²) in [4.78, 5) is 37.0. The summed E-state index contributed by atoms with van der Waals surface area (Å²) in [7, 11) is 1.14. The fourth-order valence-corrected chi connectivity index (χ4v) is 10.2. The van der Waals surface area contributed by atoms with Crippen LogP contribution in [0.25, 0.3) is 0 Å². The molecule has 5 saturated heterocycles. The molecule has 0 aromatic rings. The van der Waals surface area contributed by atoms with Gasteiger partial charge < -0.3 is 169 Å². The Bertz CT molecular complexity index is 2010. The molecule has 20 N–H and O–H groups in total. The number of amides is 3. The number of nitrogens with one attached hydrogen (secondary N) is 3. The van der Waals surface area contributed by atoms with Gasteiger partial charge in [0.2, 0.25) is 17.7 Å². The number of hydrogen-bond acceptors (Lipinski definition) is 34. The Hall–Kier alpha value is -2.35. The number of methoxy groups -OCH3 is 1. The van der Waals surface area contributed by atoms with Gasteiger partial charge in [0.05, 0.1) is 70.9 Å². The summed E-state index contributed by atoms with van der Waals surface area (Å²) in [5.74, 6) is -2.09. The van der Waals surface area contributed by atoms with Gasteiger partial charge in [-0.3, -0.25) is 14.4 Å². The fraction of sp³-hybridized carbons (Fsp3) is 0.938. The van der Waals surface area contributed by atoms with Gasteiger partial charge in [-0.1, -0.05) is 15.9 Å². The standard InChI is InChI=1S/C48H84BrN3O34/c1-16(60)38(21(10-56)76-15-77-39-22(11-57)78-43(52-26(63)7-49)27(32(39)67)50-17(2)61)83-47-37(72)41(85-44(74-6-5-53)24(13-59)73-4)31(66)25(82-47)14-75-48-42(35(70)30(65)20(9-55)80-48)86-45-28(51-18(3)62)33(68)40(23(12-58)81-45)84-46-36(71)34(69)29(64)19(8-54)79-46/h16,19-25,27-48,53-60,64-72H,5-15H2,1-4H3,(H,50,61)(H,51,62)(H,52,63)/t16?,19?,20?,21?,22?,23?,24?,25?,27?,28?,29-,30+,31+,32?,33?,34-,35?,36?,37?,38-,39+,40+,41?,42?,43+,44+,45-,46-,47-,48-/m0/s1. The molecule has 0 aromatic heterocycles. The predicted molar refractivity (Wildman–Crippen MR) is 276 cm³/mol. The Labute approximate surface area is 499 Å². The SMILES string of the molecule is COC(CO)[C@H](OCCO)OC1C(O)[C@H](O[C@@H](C(C)O)C(CO)OCO[C@@H]2C(CO)O[C@@H](NC(=O)CBr)C(NC(C)=O)C2O)OC(CO[C@H]2OC(CO)[C@@H](O)C(O)C2O[C@@H]2OC(CO)[C@@H](O[C@@H]3OC(CO)[C@H](O)[C@H](O)C3O)C(O)C2NC(C)=O)[C@H]1O. The quantitative estimate of drug-likeness (QED) is 0.0220. The first kappa shape index (κ1) is 74.4. The molecule has 5 aliphatic rings. The molecule has 0 saturated carbocycles. The molecule has 37 nitrogen and oxygen atoms in total. The van der Waals surface area contributed by atoms with Crippen molar-refractivity contribution in [2.75, 3.05) is 78.7 Å². The van der Waals surface area contributed by atoms with Crippen LogP contribution in [0.1, 0.15) is 20.8 Å². The fourth-order valence-electron chi connectivity index (χ4n) is 10.0. The van der Waals surface area contributed by atoms with Crippen LogP contribution in [-0.4, -0.2) is 367 Å². The van der Waals surface area contributed by atoms with E-state index in [2.05, 4.69) is 31.9 Å². The lowest BCUT2D eigenvalue weighted by Gasteiger charge is -2.49. The second-order valence-corrected chi connectivity index (χ2v) is 21.2. The molecule has 0 radical (unpaired) electrons. The van der Waals surface area contributed by atoms with Gasteiger partial charge in [-0.25, -0.2) is 0 Å². The maximum atomic E-state index is 12.6. The highest BCUT2D eigenvalue weighted by Crippen LogP contribution is 2.35. The van der Waals surface area contributed by atoms with Crippen LogP contribution < -0.4 is 16.0 Å². The van der Waals surface area contributed by atoms with E-state index in [4.69, 9.17) is 66.3 Å². The van der Waals surface area contributed by atoms with Crippen molar-refractivity contribution in [3.8, 4) is 0 Å². The summed E-state index contributed by atoms with van der Waals surface area (Å²) in [5, 5.41) is 190. The Kier molecular flexibility index (Phi) is 30.7. The number of ether oxygens (including phenoxy) is 14. The molecular formula is C48H84BrN3O34. The summed E-state index contributed by atoms with van der Waals surface area (Å²) < 4.78 is 81.1. The van der Waals surface area contributed by atoms with Crippen molar-refractivity contribution >= 4 is 33.7 Å². The summed E-state index contributed by atoms with van der Waals surface area (Å²) in [6.45, 7) is -5.01. The van der Waals surface area contributed by atoms with E-state index in [-0.39, 0.29) is 5.33 Å². The minimum absolute atomic E-state index is 0.191. The van der Waals surface area contributed by atoms with Gasteiger partial charge in [0.15, 0.2) is 37.7 Å². The first-order chi connectivity index (χ1) is 40.9. The van der Waals surface area contributed by atoms with Crippen LogP contribution in [0.2, 0.25) is 0 Å². The lowest BCUT2D eigenvalue weighted by atomic mass is 9.94. The maximum Gasteiger partial charge on any atom is 0.232 e. The second kappa shape index (κ2) is 35.5. The van der Waals surface area contributed by atoms with E-state index in [0.717, 1.165) is 21.0 Å². The van der Waals surface area contributed by atoms with Crippen LogP contribution in [0.15, 0.2) is 0 Å². The smallest absolute Gasteiger partial charge is 0.232 e. The molecule has 5 heterocycles. The van der Waals surface area contributed by atoms with Gasteiger partial charge in [0.1, 0.15) is 147 Å². The zero-order valence-corrected chi connectivity index (χ0v) is 48.6. The summed E-state index contributed by atoms with van der Waals surface area (Å²) in [6.07, 6.45) is -50.5. The van der Waals surface area contributed by atoms with Gasteiger partial charge in [-0.05, 0) is 6.92 Å². The van der Waals surface area contributed by atoms with E-state index in [1.807, 2.05) is 0 Å². The van der Waals surface area contributed by atoms with Crippen LogP contribution in [0.4, 0.5) is 0 Å². The highest BCUT2D eigenvalue weighted by molar-refractivity contribution is 9.09. The first-order valence-corrected chi connectivity index (χ1v) is 28.4. The number of carbonyl (C=O) groups excluding carboxylic acids is 3. The summed E-state index contributed by atoms with van der Waals surface area (Å²) in [5.41, 5.74) is 0. The zero-order chi connectivity index (χ0) is 63.9. The Balaban J connectivity index is 1.42. The third-order valence-electron chi connectivity index (χ3n) is 14.5. The van der Waals surface area contributed by atoms with Crippen LogP contribution in [0.3, 0.4) is 0 Å².